The van der Waals surface area contributed by atoms with Crippen LogP contribution >= 0.6 is 0 Å². The molecule has 0 unspecified atom stereocenters. The van der Waals surface area contributed by atoms with Gasteiger partial charge in [-0.15, -0.1) is 0 Å². The molecule has 0 aromatic rings. The first-order valence-electron chi connectivity index (χ1n) is 20.2. The molecule has 0 heterocycles. The molecule has 0 aromatic heterocycles. The van der Waals surface area contributed by atoms with Crippen molar-refractivity contribution in [2.24, 2.45) is 17.8 Å². The molecule has 0 aliphatic rings. The highest BCUT2D eigenvalue weighted by atomic mass is 16.4. The van der Waals surface area contributed by atoms with Gasteiger partial charge in [0.2, 0.25) is 23.6 Å². The molecule has 0 spiro atoms. The molecule has 4 amide bonds. The van der Waals surface area contributed by atoms with Crippen molar-refractivity contribution in [3.63, 3.8) is 0 Å². The van der Waals surface area contributed by atoms with E-state index >= 15 is 0 Å². The van der Waals surface area contributed by atoms with Crippen LogP contribution in [0, 0.1) is 17.8 Å². The molecule has 19 heteroatoms. The lowest BCUT2D eigenvalue weighted by molar-refractivity contribution is -0.146. The molecule has 0 saturated carbocycles. The molecule has 0 aliphatic heterocycles. The molecule has 0 radical (unpaired) electrons. The van der Waals surface area contributed by atoms with E-state index in [0.717, 1.165) is 16.2 Å². The summed E-state index contributed by atoms with van der Waals surface area (Å²) >= 11 is 0. The summed E-state index contributed by atoms with van der Waals surface area (Å²) in [4.78, 5) is 144. The van der Waals surface area contributed by atoms with E-state index in [1.54, 1.807) is 13.8 Å². The second-order valence-corrected chi connectivity index (χ2v) is 15.7. The number of hydrogen-bond donors (Lipinski definition) is 5. The molecule has 0 bridgehead atoms. The fourth-order valence-corrected chi connectivity index (χ4v) is 4.71. The van der Waals surface area contributed by atoms with Gasteiger partial charge in [-0.25, -0.2) is 0 Å². The summed E-state index contributed by atoms with van der Waals surface area (Å²) in [7, 11) is 0. The number of carboxylic acids is 2. The fraction of sp³-hybridized carbons (Fsp3) is 0.707. The Hall–Kier alpha value is -5.20. The third kappa shape index (κ3) is 31.7. The Morgan fingerprint density at radius 3 is 1.25 bits per heavy atom. The predicted molar refractivity (Wildman–Crippen MR) is 218 cm³/mol. The van der Waals surface area contributed by atoms with E-state index in [2.05, 4.69) is 29.8 Å². The predicted octanol–water partition coefficient (Wildman–Crippen LogP) is 1.31. The monoisotopic (exact) mass is 853 g/mol. The number of carbonyl (C=O) groups excluding carboxylic acids is 10. The van der Waals surface area contributed by atoms with Crippen LogP contribution in [0.2, 0.25) is 0 Å². The Balaban J connectivity index is 0. The summed E-state index contributed by atoms with van der Waals surface area (Å²) < 4.78 is 0. The second kappa shape index (κ2) is 31.7. The Labute approximate surface area is 352 Å². The average Bonchev–Trinajstić information content (AvgIpc) is 3.13. The lowest BCUT2D eigenvalue weighted by Crippen LogP contribution is -2.40. The summed E-state index contributed by atoms with van der Waals surface area (Å²) in [5.41, 5.74) is 0. The molecule has 0 fully saturated rings. The first kappa shape index (κ1) is 56.9. The normalized spacial score (nSPS) is 10.7. The van der Waals surface area contributed by atoms with Crippen LogP contribution in [0.3, 0.4) is 0 Å². The van der Waals surface area contributed by atoms with E-state index in [0.29, 0.717) is 12.5 Å². The molecule has 60 heavy (non-hydrogen) atoms. The molecular weight excluding hydrogens is 786 g/mol. The van der Waals surface area contributed by atoms with Crippen molar-refractivity contribution in [3.8, 4) is 0 Å². The van der Waals surface area contributed by atoms with Gasteiger partial charge >= 0.3 is 11.9 Å². The van der Waals surface area contributed by atoms with Crippen molar-refractivity contribution < 1.29 is 67.7 Å². The largest absolute Gasteiger partial charge is 0.480 e. The first-order chi connectivity index (χ1) is 27.8. The SMILES string of the molecule is CC(C)CCNC(=O)CC(=O)C(C)C.CC(C)NCC(=O)CCC(=O)N(CC(=O)O)CC(=O)CCCC(=O)CN(CC(=O)O)C(=O)CCC(=O)CNC(=O)CC(=O)C(C)C. The van der Waals surface area contributed by atoms with Gasteiger partial charge in [-0.1, -0.05) is 55.4 Å². The van der Waals surface area contributed by atoms with Crippen LogP contribution in [-0.4, -0.2) is 142 Å². The fourth-order valence-electron chi connectivity index (χ4n) is 4.71. The van der Waals surface area contributed by atoms with E-state index in [4.69, 9.17) is 10.2 Å². The van der Waals surface area contributed by atoms with E-state index in [9.17, 15) is 57.5 Å². The van der Waals surface area contributed by atoms with Crippen LogP contribution in [0.25, 0.3) is 0 Å². The van der Waals surface area contributed by atoms with Crippen molar-refractivity contribution in [1.29, 1.82) is 0 Å². The summed E-state index contributed by atoms with van der Waals surface area (Å²) in [6, 6.07) is 0.0607. The second-order valence-electron chi connectivity index (χ2n) is 15.7. The number of carboxylic acid groups (broad SMARTS) is 2. The number of nitrogens with zero attached hydrogens (tertiary/aromatic N) is 2. The average molecular weight is 854 g/mol. The molecule has 5 N–H and O–H groups in total. The van der Waals surface area contributed by atoms with E-state index in [-0.39, 0.29) is 99.0 Å². The maximum Gasteiger partial charge on any atom is 0.323 e. The minimum atomic E-state index is -1.40. The van der Waals surface area contributed by atoms with E-state index in [1.165, 1.54) is 0 Å². The van der Waals surface area contributed by atoms with Crippen molar-refractivity contribution in [2.75, 3.05) is 45.8 Å². The number of rotatable bonds is 32. The Kier molecular flexibility index (Phi) is 30.0. The van der Waals surface area contributed by atoms with Crippen LogP contribution in [0.4, 0.5) is 0 Å². The van der Waals surface area contributed by atoms with Crippen LogP contribution in [-0.2, 0) is 57.5 Å². The maximum atomic E-state index is 12.6. The number of aliphatic carboxylic acids is 2. The van der Waals surface area contributed by atoms with Gasteiger partial charge in [-0.3, -0.25) is 57.5 Å². The standard InChI is InChI=1S/C30H46N4O12.C11H21NO2/c1-19(2)25(39)12-26(40)32-14-22(36)9-11-28(42)34(18-30(45)46)16-24(38)7-5-6-23(37)15-33(17-29(43)44)27(41)10-8-21(35)13-31-20(3)4;1-8(2)5-6-12-11(14)7-10(13)9(3)4/h19-20,31H,5-18H2,1-4H3,(H,32,40)(H,43,44)(H,45,46);8-9H,5-7H2,1-4H3,(H,12,14). The quantitative estimate of drug-likeness (QED) is 0.0597. The zero-order valence-electron chi connectivity index (χ0n) is 36.5. The highest BCUT2D eigenvalue weighted by Crippen LogP contribution is 2.07. The number of Topliss-reactive ketones (excluding diaryl/α,β-unsaturated/α-hetero) is 6. The van der Waals surface area contributed by atoms with Gasteiger partial charge in [0.05, 0.1) is 39.0 Å². The van der Waals surface area contributed by atoms with Gasteiger partial charge in [0.1, 0.15) is 30.4 Å². The minimum absolute atomic E-state index is 0.00652. The zero-order chi connectivity index (χ0) is 46.5. The number of hydrogen-bond acceptors (Lipinski definition) is 13. The Morgan fingerprint density at radius 1 is 0.483 bits per heavy atom. The van der Waals surface area contributed by atoms with Gasteiger partial charge in [0.25, 0.3) is 0 Å². The molecule has 0 aliphatic carbocycles. The minimum Gasteiger partial charge on any atom is -0.480 e. The van der Waals surface area contributed by atoms with E-state index in [1.807, 2.05) is 27.7 Å². The molecule has 0 rings (SSSR count). The topological polar surface area (TPSA) is 288 Å². The smallest absolute Gasteiger partial charge is 0.323 e. The number of ketones is 6. The highest BCUT2D eigenvalue weighted by Gasteiger charge is 2.23. The van der Waals surface area contributed by atoms with Crippen molar-refractivity contribution in [2.45, 2.75) is 126 Å². The summed E-state index contributed by atoms with van der Waals surface area (Å²) in [6.07, 6.45) is -1.02. The van der Waals surface area contributed by atoms with Gasteiger partial charge < -0.3 is 36.0 Å². The molecule has 19 nitrogen and oxygen atoms in total. The summed E-state index contributed by atoms with van der Waals surface area (Å²) in [6.45, 7) is 12.4. The van der Waals surface area contributed by atoms with Crippen molar-refractivity contribution in [3.05, 3.63) is 0 Å². The molecular formula is C41H67N5O14. The van der Waals surface area contributed by atoms with Gasteiger partial charge in [-0.2, -0.15) is 0 Å². The number of amides is 4. The van der Waals surface area contributed by atoms with Crippen molar-refractivity contribution >= 4 is 70.3 Å². The lowest BCUT2D eigenvalue weighted by atomic mass is 10.1. The highest BCUT2D eigenvalue weighted by molar-refractivity contribution is 6.00. The molecule has 0 atom stereocenters. The first-order valence-corrected chi connectivity index (χ1v) is 20.2. The van der Waals surface area contributed by atoms with Crippen molar-refractivity contribution in [1.82, 2.24) is 25.8 Å². The number of carbonyl (C=O) groups is 12. The van der Waals surface area contributed by atoms with Crippen LogP contribution in [0.1, 0.15) is 120 Å². The molecule has 0 aromatic carbocycles. The van der Waals surface area contributed by atoms with Gasteiger partial charge in [-0.05, 0) is 18.8 Å². The third-order valence-electron chi connectivity index (χ3n) is 8.43. The summed E-state index contributed by atoms with van der Waals surface area (Å²) in [5.74, 6) is -7.01. The van der Waals surface area contributed by atoms with E-state index < -0.39 is 86.2 Å². The Morgan fingerprint density at radius 2 is 0.883 bits per heavy atom. The Bertz CT molecular complexity index is 1510. The van der Waals surface area contributed by atoms with Crippen LogP contribution in [0.15, 0.2) is 0 Å². The molecule has 0 saturated heterocycles. The number of nitrogens with one attached hydrogen (secondary N) is 3. The zero-order valence-corrected chi connectivity index (χ0v) is 36.5. The molecule has 340 valence electrons. The maximum absolute atomic E-state index is 12.6. The van der Waals surface area contributed by atoms with Crippen LogP contribution in [0.5, 0.6) is 0 Å². The van der Waals surface area contributed by atoms with Crippen LogP contribution < -0.4 is 16.0 Å². The summed E-state index contributed by atoms with van der Waals surface area (Å²) in [5, 5.41) is 26.2. The lowest BCUT2D eigenvalue weighted by Gasteiger charge is -2.20. The third-order valence-corrected chi connectivity index (χ3v) is 8.43. The van der Waals surface area contributed by atoms with Gasteiger partial charge in [0.15, 0.2) is 17.3 Å². The van der Waals surface area contributed by atoms with Gasteiger partial charge in [0, 0.05) is 62.9 Å².